The van der Waals surface area contributed by atoms with Crippen molar-refractivity contribution in [3.05, 3.63) is 58.1 Å². The Morgan fingerprint density at radius 1 is 1.06 bits per heavy atom. The molecule has 3 heteroatoms. The summed E-state index contributed by atoms with van der Waals surface area (Å²) in [5.74, 6) is 1.34. The predicted octanol–water partition coefficient (Wildman–Crippen LogP) is 4.24. The lowest BCUT2D eigenvalue weighted by molar-refractivity contribution is 0.276. The zero-order valence-electron chi connectivity index (χ0n) is 10.4. The second-order valence-electron chi connectivity index (χ2n) is 4.26. The highest BCUT2D eigenvalue weighted by atomic mass is 35.5. The van der Waals surface area contributed by atoms with Gasteiger partial charge in [0.2, 0.25) is 0 Å². The first-order valence-corrected chi connectivity index (χ1v) is 6.12. The van der Waals surface area contributed by atoms with Crippen LogP contribution in [0.5, 0.6) is 11.5 Å². The third kappa shape index (κ3) is 2.84. The van der Waals surface area contributed by atoms with Crippen molar-refractivity contribution in [2.75, 3.05) is 0 Å². The monoisotopic (exact) mass is 262 g/mol. The van der Waals surface area contributed by atoms with Gasteiger partial charge >= 0.3 is 0 Å². The van der Waals surface area contributed by atoms with E-state index in [9.17, 15) is 5.11 Å². The molecular weight excluding hydrogens is 248 g/mol. The second-order valence-corrected chi connectivity index (χ2v) is 4.69. The molecular formula is C15H15ClO2. The molecule has 0 saturated carbocycles. The molecule has 0 unspecified atom stereocenters. The molecule has 94 valence electrons. The van der Waals surface area contributed by atoms with E-state index in [0.29, 0.717) is 10.8 Å². The van der Waals surface area contributed by atoms with E-state index in [1.54, 1.807) is 18.2 Å². The third-order valence-corrected chi connectivity index (χ3v) is 3.14. The molecule has 0 aliphatic rings. The highest BCUT2D eigenvalue weighted by Crippen LogP contribution is 2.29. The van der Waals surface area contributed by atoms with Gasteiger partial charge in [-0.25, -0.2) is 0 Å². The Morgan fingerprint density at radius 2 is 1.83 bits per heavy atom. The van der Waals surface area contributed by atoms with Crippen LogP contribution < -0.4 is 4.74 Å². The molecule has 2 rings (SSSR count). The molecule has 18 heavy (non-hydrogen) atoms. The summed E-state index contributed by atoms with van der Waals surface area (Å²) in [6.45, 7) is 4.02. The number of ether oxygens (including phenoxy) is 1. The third-order valence-electron chi connectivity index (χ3n) is 2.91. The highest BCUT2D eigenvalue weighted by Gasteiger charge is 2.06. The van der Waals surface area contributed by atoms with Crippen molar-refractivity contribution in [3.63, 3.8) is 0 Å². The van der Waals surface area contributed by atoms with Gasteiger partial charge < -0.3 is 9.84 Å². The molecule has 0 bridgehead atoms. The normalized spacial score (nSPS) is 10.4. The maximum Gasteiger partial charge on any atom is 0.134 e. The first-order valence-electron chi connectivity index (χ1n) is 5.74. The molecule has 0 amide bonds. The van der Waals surface area contributed by atoms with E-state index in [1.807, 2.05) is 25.1 Å². The van der Waals surface area contributed by atoms with E-state index in [-0.39, 0.29) is 6.61 Å². The summed E-state index contributed by atoms with van der Waals surface area (Å²) in [5.41, 5.74) is 3.11. The first kappa shape index (κ1) is 12.9. The summed E-state index contributed by atoms with van der Waals surface area (Å²) >= 11 is 5.93. The maximum absolute atomic E-state index is 9.26. The standard InChI is InChI=1S/C15H15ClO2/c1-10-3-6-14(7-11(10)2)18-15-8-13(16)5-4-12(15)9-17/h3-8,17H,9H2,1-2H3. The molecule has 1 N–H and O–H groups in total. The Hall–Kier alpha value is -1.51. The average Bonchev–Trinajstić information content (AvgIpc) is 2.34. The molecule has 0 heterocycles. The van der Waals surface area contributed by atoms with Crippen molar-refractivity contribution in [3.8, 4) is 11.5 Å². The number of benzene rings is 2. The van der Waals surface area contributed by atoms with Crippen LogP contribution in [0.1, 0.15) is 16.7 Å². The smallest absolute Gasteiger partial charge is 0.134 e. The molecule has 0 saturated heterocycles. The van der Waals surface area contributed by atoms with Crippen LogP contribution in [0.2, 0.25) is 5.02 Å². The zero-order valence-corrected chi connectivity index (χ0v) is 11.2. The van der Waals surface area contributed by atoms with E-state index >= 15 is 0 Å². The number of aryl methyl sites for hydroxylation is 2. The van der Waals surface area contributed by atoms with Crippen molar-refractivity contribution in [2.24, 2.45) is 0 Å². The largest absolute Gasteiger partial charge is 0.457 e. The van der Waals surface area contributed by atoms with Crippen molar-refractivity contribution in [1.29, 1.82) is 0 Å². The minimum atomic E-state index is -0.0721. The lowest BCUT2D eigenvalue weighted by Gasteiger charge is -2.11. The maximum atomic E-state index is 9.26. The molecule has 2 nitrogen and oxygen atoms in total. The quantitative estimate of drug-likeness (QED) is 0.896. The van der Waals surface area contributed by atoms with E-state index in [2.05, 4.69) is 6.92 Å². The lowest BCUT2D eigenvalue weighted by Crippen LogP contribution is -1.92. The molecule has 0 radical (unpaired) electrons. The molecule has 0 fully saturated rings. The van der Waals surface area contributed by atoms with Crippen LogP contribution in [0.25, 0.3) is 0 Å². The number of aliphatic hydroxyl groups is 1. The van der Waals surface area contributed by atoms with Crippen LogP contribution in [-0.2, 0) is 6.61 Å². The summed E-state index contributed by atoms with van der Waals surface area (Å²) in [5, 5.41) is 9.85. The van der Waals surface area contributed by atoms with Crippen LogP contribution in [-0.4, -0.2) is 5.11 Å². The van der Waals surface area contributed by atoms with Gasteiger partial charge in [0.05, 0.1) is 6.61 Å². The molecule has 0 spiro atoms. The SMILES string of the molecule is Cc1ccc(Oc2cc(Cl)ccc2CO)cc1C. The minimum Gasteiger partial charge on any atom is -0.457 e. The van der Waals surface area contributed by atoms with Crippen molar-refractivity contribution < 1.29 is 9.84 Å². The van der Waals surface area contributed by atoms with Crippen molar-refractivity contribution in [1.82, 2.24) is 0 Å². The van der Waals surface area contributed by atoms with Crippen LogP contribution >= 0.6 is 11.6 Å². The van der Waals surface area contributed by atoms with E-state index in [0.717, 1.165) is 11.3 Å². The number of rotatable bonds is 3. The summed E-state index contributed by atoms with van der Waals surface area (Å²) < 4.78 is 5.77. The molecule has 2 aromatic carbocycles. The molecule has 0 aromatic heterocycles. The fourth-order valence-electron chi connectivity index (χ4n) is 1.66. The van der Waals surface area contributed by atoms with E-state index in [1.165, 1.54) is 11.1 Å². The van der Waals surface area contributed by atoms with E-state index < -0.39 is 0 Å². The van der Waals surface area contributed by atoms with Crippen molar-refractivity contribution in [2.45, 2.75) is 20.5 Å². The molecule has 0 atom stereocenters. The topological polar surface area (TPSA) is 29.5 Å². The Bertz CT molecular complexity index is 564. The van der Waals surface area contributed by atoms with Gasteiger partial charge in [-0.2, -0.15) is 0 Å². The van der Waals surface area contributed by atoms with Gasteiger partial charge in [0.1, 0.15) is 11.5 Å². The van der Waals surface area contributed by atoms with Gasteiger partial charge in [0, 0.05) is 10.6 Å². The van der Waals surface area contributed by atoms with Crippen LogP contribution in [0.15, 0.2) is 36.4 Å². The molecule has 2 aromatic rings. The van der Waals surface area contributed by atoms with Gasteiger partial charge in [-0.05, 0) is 49.2 Å². The number of hydrogen-bond acceptors (Lipinski definition) is 2. The van der Waals surface area contributed by atoms with Gasteiger partial charge in [0.15, 0.2) is 0 Å². The fourth-order valence-corrected chi connectivity index (χ4v) is 1.82. The van der Waals surface area contributed by atoms with Gasteiger partial charge in [0.25, 0.3) is 0 Å². The predicted molar refractivity (Wildman–Crippen MR) is 73.4 cm³/mol. The van der Waals surface area contributed by atoms with Crippen LogP contribution in [0.3, 0.4) is 0 Å². The Labute approximate surface area is 112 Å². The minimum absolute atomic E-state index is 0.0721. The van der Waals surface area contributed by atoms with Crippen molar-refractivity contribution >= 4 is 11.6 Å². The Kier molecular flexibility index (Phi) is 3.90. The van der Waals surface area contributed by atoms with Gasteiger partial charge in [-0.1, -0.05) is 23.7 Å². The highest BCUT2D eigenvalue weighted by molar-refractivity contribution is 6.30. The average molecular weight is 263 g/mol. The molecule has 0 aliphatic carbocycles. The second kappa shape index (κ2) is 5.42. The van der Waals surface area contributed by atoms with Crippen LogP contribution in [0, 0.1) is 13.8 Å². The zero-order chi connectivity index (χ0) is 13.1. The summed E-state index contributed by atoms with van der Waals surface area (Å²) in [4.78, 5) is 0. The summed E-state index contributed by atoms with van der Waals surface area (Å²) in [6, 6.07) is 11.1. The lowest BCUT2D eigenvalue weighted by atomic mass is 10.1. The van der Waals surface area contributed by atoms with Gasteiger partial charge in [-0.3, -0.25) is 0 Å². The number of hydrogen-bond donors (Lipinski definition) is 1. The summed E-state index contributed by atoms with van der Waals surface area (Å²) in [7, 11) is 0. The molecule has 0 aliphatic heterocycles. The van der Waals surface area contributed by atoms with E-state index in [4.69, 9.17) is 16.3 Å². The Balaban J connectivity index is 2.33. The fraction of sp³-hybridized carbons (Fsp3) is 0.200. The Morgan fingerprint density at radius 3 is 2.50 bits per heavy atom. The van der Waals surface area contributed by atoms with Gasteiger partial charge in [-0.15, -0.1) is 0 Å². The number of halogens is 1. The summed E-state index contributed by atoms with van der Waals surface area (Å²) in [6.07, 6.45) is 0. The number of aliphatic hydroxyl groups excluding tert-OH is 1. The van der Waals surface area contributed by atoms with Crippen LogP contribution in [0.4, 0.5) is 0 Å². The first-order chi connectivity index (χ1) is 8.60.